The van der Waals surface area contributed by atoms with Gasteiger partial charge in [0.05, 0.1) is 37.7 Å². The Kier molecular flexibility index (Phi) is 4.35. The minimum atomic E-state index is -0.346. The molecule has 0 radical (unpaired) electrons. The molecule has 2 bridgehead atoms. The van der Waals surface area contributed by atoms with Crippen molar-refractivity contribution < 1.29 is 13.9 Å². The Labute approximate surface area is 177 Å². The van der Waals surface area contributed by atoms with Gasteiger partial charge in [-0.25, -0.2) is 18.9 Å². The summed E-state index contributed by atoms with van der Waals surface area (Å²) in [4.78, 5) is 24.5. The van der Waals surface area contributed by atoms with Crippen LogP contribution >= 0.6 is 0 Å². The lowest BCUT2D eigenvalue weighted by Gasteiger charge is -2.36. The fraction of sp³-hybridized carbons (Fsp3) is 0.429. The molecule has 9 nitrogen and oxygen atoms in total. The number of hydrogen-bond acceptors (Lipinski definition) is 7. The van der Waals surface area contributed by atoms with Crippen LogP contribution in [0.4, 0.5) is 10.2 Å². The first-order valence-electron chi connectivity index (χ1n) is 10.6. The van der Waals surface area contributed by atoms with Crippen molar-refractivity contribution in [2.75, 3.05) is 31.2 Å². The summed E-state index contributed by atoms with van der Waals surface area (Å²) in [5, 5.41) is 6.19. The number of carbonyl (C=O) groups is 1. The number of morpholine rings is 1. The van der Waals surface area contributed by atoms with E-state index in [0.717, 1.165) is 36.5 Å². The summed E-state index contributed by atoms with van der Waals surface area (Å²) in [6, 6.07) is 3.36. The Balaban J connectivity index is 1.54. The molecule has 6 rings (SSSR count). The minimum absolute atomic E-state index is 0.0260. The first-order chi connectivity index (χ1) is 15.2. The van der Waals surface area contributed by atoms with Crippen LogP contribution in [0.25, 0.3) is 5.65 Å². The molecule has 1 amide bonds. The Morgan fingerprint density at radius 2 is 2.19 bits per heavy atom. The molecular weight excluding hydrogens is 401 g/mol. The van der Waals surface area contributed by atoms with E-state index in [-0.39, 0.29) is 23.8 Å². The third-order valence-electron chi connectivity index (χ3n) is 6.38. The lowest BCUT2D eigenvalue weighted by Crippen LogP contribution is -2.55. The Hall–Kier alpha value is -3.11. The maximum Gasteiger partial charge on any atom is 0.271 e. The third-order valence-corrected chi connectivity index (χ3v) is 6.38. The van der Waals surface area contributed by atoms with Gasteiger partial charge in [-0.05, 0) is 30.5 Å². The molecule has 3 aliphatic heterocycles. The van der Waals surface area contributed by atoms with Gasteiger partial charge in [0.25, 0.3) is 5.91 Å². The summed E-state index contributed by atoms with van der Waals surface area (Å²) in [5.41, 5.74) is 5.64. The number of hydrogen-bond donors (Lipinski definition) is 1. The highest BCUT2D eigenvalue weighted by Gasteiger charge is 2.33. The minimum Gasteiger partial charge on any atom is -0.378 e. The molecule has 6 heterocycles. The Morgan fingerprint density at radius 1 is 1.26 bits per heavy atom. The predicted molar refractivity (Wildman–Crippen MR) is 109 cm³/mol. The van der Waals surface area contributed by atoms with E-state index < -0.39 is 0 Å². The van der Waals surface area contributed by atoms with Gasteiger partial charge in [0, 0.05) is 31.4 Å². The number of ether oxygens (including phenoxy) is 1. The highest BCUT2D eigenvalue weighted by Crippen LogP contribution is 2.37. The van der Waals surface area contributed by atoms with Crippen LogP contribution in [0.15, 0.2) is 30.7 Å². The zero-order valence-corrected chi connectivity index (χ0v) is 16.9. The third kappa shape index (κ3) is 3.14. The van der Waals surface area contributed by atoms with Gasteiger partial charge in [-0.15, -0.1) is 0 Å². The number of aromatic nitrogens is 4. The molecule has 160 valence electrons. The number of fused-ring (bicyclic) bond motifs is 6. The summed E-state index contributed by atoms with van der Waals surface area (Å²) in [6.45, 7) is 2.34. The summed E-state index contributed by atoms with van der Waals surface area (Å²) < 4.78 is 21.6. The highest BCUT2D eigenvalue weighted by molar-refractivity contribution is 5.99. The number of carbonyl (C=O) groups excluding carboxylic acids is 1. The average molecular weight is 423 g/mol. The number of amides is 1. The molecule has 2 atom stereocenters. The van der Waals surface area contributed by atoms with Gasteiger partial charge < -0.3 is 9.64 Å². The highest BCUT2D eigenvalue weighted by atomic mass is 19.1. The van der Waals surface area contributed by atoms with Crippen LogP contribution in [0.3, 0.4) is 0 Å². The molecule has 0 aromatic carbocycles. The van der Waals surface area contributed by atoms with Crippen molar-refractivity contribution in [3.63, 3.8) is 0 Å². The number of hydrazine groups is 1. The second-order valence-electron chi connectivity index (χ2n) is 8.22. The summed E-state index contributed by atoms with van der Waals surface area (Å²) in [7, 11) is 0. The molecule has 3 aromatic heterocycles. The largest absolute Gasteiger partial charge is 0.378 e. The molecular formula is C21H22FN7O2. The fourth-order valence-electron chi connectivity index (χ4n) is 4.87. The molecule has 0 unspecified atom stereocenters. The molecule has 0 spiro atoms. The van der Waals surface area contributed by atoms with E-state index >= 15 is 0 Å². The normalized spacial score (nSPS) is 24.0. The van der Waals surface area contributed by atoms with Crippen molar-refractivity contribution in [1.82, 2.24) is 30.0 Å². The van der Waals surface area contributed by atoms with Crippen LogP contribution in [0.1, 0.15) is 40.5 Å². The number of nitrogens with one attached hydrogen (secondary N) is 1. The number of nitrogens with zero attached hydrogens (tertiary/aromatic N) is 6. The standard InChI is InChI=1S/C21H22FN7O2/c22-13-8-15-17(23-10-13)9-14-12-31-7-6-28(14)26-21(30)16-11-24-29-5-3-19(25-20(16)29)27-4-1-2-18(15)27/h3,5,8,10-11,14,18H,1-2,4,6-7,9,12H2,(H,26,30)/t14-,18-/m1/s1. The van der Waals surface area contributed by atoms with Crippen molar-refractivity contribution in [3.8, 4) is 0 Å². The maximum absolute atomic E-state index is 14.3. The number of rotatable bonds is 0. The molecule has 3 aromatic rings. The molecule has 1 N–H and O–H groups in total. The molecule has 2 saturated heterocycles. The second kappa shape index (κ2) is 7.24. The molecule has 0 saturated carbocycles. The van der Waals surface area contributed by atoms with E-state index in [4.69, 9.17) is 9.72 Å². The summed E-state index contributed by atoms with van der Waals surface area (Å²) in [6.07, 6.45) is 7.04. The number of pyridine rings is 1. The first kappa shape index (κ1) is 18.6. The van der Waals surface area contributed by atoms with Crippen molar-refractivity contribution in [1.29, 1.82) is 0 Å². The number of anilines is 1. The Morgan fingerprint density at radius 3 is 3.13 bits per heavy atom. The SMILES string of the molecule is O=C1NN2CCOC[C@H]2Cc2ncc(F)cc2[C@H]2CCCN2c2ccn3ncc1c3n2. The lowest BCUT2D eigenvalue weighted by atomic mass is 9.98. The summed E-state index contributed by atoms with van der Waals surface area (Å²) in [5.74, 6) is 0.151. The van der Waals surface area contributed by atoms with Gasteiger partial charge in [-0.2, -0.15) is 5.10 Å². The van der Waals surface area contributed by atoms with Gasteiger partial charge in [0.15, 0.2) is 5.65 Å². The van der Waals surface area contributed by atoms with Crippen LogP contribution in [-0.4, -0.2) is 62.8 Å². The average Bonchev–Trinajstić information content (AvgIpc) is 3.42. The number of halogens is 1. The predicted octanol–water partition coefficient (Wildman–Crippen LogP) is 1.51. The smallest absolute Gasteiger partial charge is 0.271 e. The van der Waals surface area contributed by atoms with E-state index in [9.17, 15) is 9.18 Å². The van der Waals surface area contributed by atoms with Crippen LogP contribution in [0.2, 0.25) is 0 Å². The van der Waals surface area contributed by atoms with Gasteiger partial charge in [-0.1, -0.05) is 0 Å². The van der Waals surface area contributed by atoms with Gasteiger partial charge in [0.1, 0.15) is 17.2 Å². The maximum atomic E-state index is 14.3. The topological polar surface area (TPSA) is 87.9 Å². The van der Waals surface area contributed by atoms with Crippen LogP contribution in [0, 0.1) is 5.82 Å². The fourth-order valence-corrected chi connectivity index (χ4v) is 4.87. The van der Waals surface area contributed by atoms with E-state index in [1.54, 1.807) is 16.8 Å². The molecule has 0 aliphatic carbocycles. The first-order valence-corrected chi connectivity index (χ1v) is 10.6. The van der Waals surface area contributed by atoms with Crippen molar-refractivity contribution >= 4 is 17.4 Å². The lowest BCUT2D eigenvalue weighted by molar-refractivity contribution is -0.0297. The molecule has 2 fully saturated rings. The summed E-state index contributed by atoms with van der Waals surface area (Å²) >= 11 is 0. The van der Waals surface area contributed by atoms with E-state index in [1.165, 1.54) is 6.20 Å². The van der Waals surface area contributed by atoms with Crippen molar-refractivity contribution in [2.45, 2.75) is 31.3 Å². The molecule has 31 heavy (non-hydrogen) atoms. The quantitative estimate of drug-likeness (QED) is 0.586. The molecule has 3 aliphatic rings. The van der Waals surface area contributed by atoms with Crippen molar-refractivity contribution in [3.05, 3.63) is 53.4 Å². The second-order valence-corrected chi connectivity index (χ2v) is 8.22. The molecule has 10 heteroatoms. The van der Waals surface area contributed by atoms with Gasteiger partial charge in [0.2, 0.25) is 0 Å². The van der Waals surface area contributed by atoms with Crippen molar-refractivity contribution in [2.24, 2.45) is 0 Å². The van der Waals surface area contributed by atoms with Crippen LogP contribution < -0.4 is 10.3 Å². The zero-order valence-electron chi connectivity index (χ0n) is 16.9. The van der Waals surface area contributed by atoms with E-state index in [2.05, 4.69) is 20.4 Å². The van der Waals surface area contributed by atoms with E-state index in [1.807, 2.05) is 17.3 Å². The van der Waals surface area contributed by atoms with Crippen LogP contribution in [-0.2, 0) is 11.2 Å². The zero-order chi connectivity index (χ0) is 20.9. The van der Waals surface area contributed by atoms with Gasteiger partial charge in [-0.3, -0.25) is 15.2 Å². The monoisotopic (exact) mass is 423 g/mol. The van der Waals surface area contributed by atoms with Crippen LogP contribution in [0.5, 0.6) is 0 Å². The Bertz CT molecular complexity index is 1170. The van der Waals surface area contributed by atoms with E-state index in [0.29, 0.717) is 37.4 Å². The van der Waals surface area contributed by atoms with Gasteiger partial charge >= 0.3 is 0 Å².